The number of hydrogen-bond donors (Lipinski definition) is 1. The molecule has 178 valence electrons. The molecule has 0 aliphatic carbocycles. The van der Waals surface area contributed by atoms with Crippen molar-refractivity contribution in [2.24, 2.45) is 0 Å². The second-order valence-corrected chi connectivity index (χ2v) is 8.95. The van der Waals surface area contributed by atoms with E-state index in [4.69, 9.17) is 21.1 Å². The second kappa shape index (κ2) is 10.4. The predicted molar refractivity (Wildman–Crippen MR) is 138 cm³/mol. The monoisotopic (exact) mass is 478 g/mol. The van der Waals surface area contributed by atoms with Crippen molar-refractivity contribution < 1.29 is 14.3 Å². The molecule has 1 aliphatic rings. The Labute approximate surface area is 206 Å². The van der Waals surface area contributed by atoms with Gasteiger partial charge in [0, 0.05) is 22.9 Å². The lowest BCUT2D eigenvalue weighted by atomic mass is 9.86. The van der Waals surface area contributed by atoms with Gasteiger partial charge in [-0.3, -0.25) is 4.79 Å². The van der Waals surface area contributed by atoms with Gasteiger partial charge >= 0.3 is 0 Å². The molecule has 5 nitrogen and oxygen atoms in total. The number of anilines is 2. The average molecular weight is 479 g/mol. The number of benzene rings is 3. The Morgan fingerprint density at radius 3 is 2.38 bits per heavy atom. The van der Waals surface area contributed by atoms with Crippen molar-refractivity contribution in [3.05, 3.63) is 82.4 Å². The molecule has 2 unspecified atom stereocenters. The fraction of sp³-hybridized carbons (Fsp3) is 0.321. The van der Waals surface area contributed by atoms with Crippen LogP contribution in [0, 0.1) is 0 Å². The predicted octanol–water partition coefficient (Wildman–Crippen LogP) is 6.64. The van der Waals surface area contributed by atoms with Gasteiger partial charge in [0.05, 0.1) is 25.7 Å². The first-order chi connectivity index (χ1) is 16.4. The van der Waals surface area contributed by atoms with Crippen molar-refractivity contribution >= 4 is 28.9 Å². The molecular weight excluding hydrogens is 448 g/mol. The average Bonchev–Trinajstić information content (AvgIpc) is 2.84. The largest absolute Gasteiger partial charge is 0.493 e. The Hall–Kier alpha value is -3.18. The number of rotatable bonds is 8. The van der Waals surface area contributed by atoms with Crippen molar-refractivity contribution in [2.75, 3.05) is 23.9 Å². The molecule has 2 atom stereocenters. The van der Waals surface area contributed by atoms with Crippen LogP contribution in [0.5, 0.6) is 11.5 Å². The van der Waals surface area contributed by atoms with E-state index < -0.39 is 0 Å². The van der Waals surface area contributed by atoms with E-state index in [-0.39, 0.29) is 24.5 Å². The summed E-state index contributed by atoms with van der Waals surface area (Å²) in [4.78, 5) is 15.4. The standard InChI is InChI=1S/C28H31ClN2O3/c1-5-18(3)34-26-17-24-20(15-25(26)33-4)16-27(32)31(23-13-11-22(12-14-23)30-6-2)28(24)19-7-9-21(29)10-8-19/h7-15,17-18,28,30H,5-6,16H2,1-4H3. The number of nitrogens with one attached hydrogen (secondary N) is 1. The number of fused-ring (bicyclic) bond motifs is 1. The molecule has 0 saturated carbocycles. The highest BCUT2D eigenvalue weighted by molar-refractivity contribution is 6.30. The van der Waals surface area contributed by atoms with E-state index in [0.717, 1.165) is 41.0 Å². The van der Waals surface area contributed by atoms with Crippen molar-refractivity contribution in [1.29, 1.82) is 0 Å². The van der Waals surface area contributed by atoms with E-state index in [1.807, 2.05) is 72.5 Å². The van der Waals surface area contributed by atoms with Crippen LogP contribution in [0.2, 0.25) is 5.02 Å². The zero-order valence-electron chi connectivity index (χ0n) is 20.1. The number of methoxy groups -OCH3 is 1. The third-order valence-corrected chi connectivity index (χ3v) is 6.46. The fourth-order valence-corrected chi connectivity index (χ4v) is 4.45. The molecule has 0 spiro atoms. The summed E-state index contributed by atoms with van der Waals surface area (Å²) in [6.45, 7) is 7.02. The zero-order chi connectivity index (χ0) is 24.2. The number of carbonyl (C=O) groups excluding carboxylic acids is 1. The van der Waals surface area contributed by atoms with Crippen molar-refractivity contribution in [3.8, 4) is 11.5 Å². The molecule has 6 heteroatoms. The first-order valence-electron chi connectivity index (χ1n) is 11.7. The van der Waals surface area contributed by atoms with Gasteiger partial charge in [0.1, 0.15) is 0 Å². The quantitative estimate of drug-likeness (QED) is 0.394. The summed E-state index contributed by atoms with van der Waals surface area (Å²) in [6, 6.07) is 19.3. The number of halogens is 1. The Morgan fingerprint density at radius 2 is 1.76 bits per heavy atom. The summed E-state index contributed by atoms with van der Waals surface area (Å²) in [6.07, 6.45) is 1.21. The lowest BCUT2D eigenvalue weighted by Crippen LogP contribution is -2.41. The number of ether oxygens (including phenoxy) is 2. The molecule has 1 aliphatic heterocycles. The summed E-state index contributed by atoms with van der Waals surface area (Å²) in [5.41, 5.74) is 4.82. The van der Waals surface area contributed by atoms with Crippen molar-refractivity contribution in [2.45, 2.75) is 45.8 Å². The normalized spacial score (nSPS) is 16.1. The van der Waals surface area contributed by atoms with Gasteiger partial charge < -0.3 is 19.7 Å². The Balaban J connectivity index is 1.86. The third-order valence-electron chi connectivity index (χ3n) is 6.20. The minimum Gasteiger partial charge on any atom is -0.493 e. The molecule has 0 aromatic heterocycles. The topological polar surface area (TPSA) is 50.8 Å². The molecule has 3 aromatic carbocycles. The molecule has 0 bridgehead atoms. The summed E-state index contributed by atoms with van der Waals surface area (Å²) in [5.74, 6) is 1.36. The van der Waals surface area contributed by atoms with Crippen LogP contribution in [0.25, 0.3) is 0 Å². The highest BCUT2D eigenvalue weighted by Crippen LogP contribution is 2.44. The van der Waals surface area contributed by atoms with Gasteiger partial charge in [-0.15, -0.1) is 0 Å². The van der Waals surface area contributed by atoms with Gasteiger partial charge in [0.2, 0.25) is 5.91 Å². The number of amides is 1. The minimum absolute atomic E-state index is 0.0290. The summed E-state index contributed by atoms with van der Waals surface area (Å²) in [5, 5.41) is 3.96. The van der Waals surface area contributed by atoms with Crippen LogP contribution in [0.15, 0.2) is 60.7 Å². The Bertz CT molecular complexity index is 1150. The van der Waals surface area contributed by atoms with Gasteiger partial charge in [0.25, 0.3) is 0 Å². The van der Waals surface area contributed by atoms with E-state index in [2.05, 4.69) is 19.2 Å². The number of nitrogens with zero attached hydrogens (tertiary/aromatic N) is 1. The highest BCUT2D eigenvalue weighted by Gasteiger charge is 2.36. The van der Waals surface area contributed by atoms with Gasteiger partial charge in [0.15, 0.2) is 11.5 Å². The molecule has 0 fully saturated rings. The van der Waals surface area contributed by atoms with Crippen molar-refractivity contribution in [3.63, 3.8) is 0 Å². The van der Waals surface area contributed by atoms with E-state index in [0.29, 0.717) is 16.5 Å². The van der Waals surface area contributed by atoms with Crippen LogP contribution in [0.4, 0.5) is 11.4 Å². The lowest BCUT2D eigenvalue weighted by Gasteiger charge is -2.38. The van der Waals surface area contributed by atoms with E-state index >= 15 is 0 Å². The van der Waals surface area contributed by atoms with Crippen LogP contribution in [0.1, 0.15) is 49.9 Å². The number of hydrogen-bond acceptors (Lipinski definition) is 4. The second-order valence-electron chi connectivity index (χ2n) is 8.51. The molecule has 34 heavy (non-hydrogen) atoms. The third kappa shape index (κ3) is 4.85. The maximum atomic E-state index is 13.5. The van der Waals surface area contributed by atoms with Gasteiger partial charge in [-0.2, -0.15) is 0 Å². The Morgan fingerprint density at radius 1 is 1.06 bits per heavy atom. The maximum Gasteiger partial charge on any atom is 0.232 e. The van der Waals surface area contributed by atoms with E-state index in [9.17, 15) is 4.79 Å². The first-order valence-corrected chi connectivity index (χ1v) is 12.1. The maximum absolute atomic E-state index is 13.5. The minimum atomic E-state index is -0.316. The molecule has 3 aromatic rings. The smallest absolute Gasteiger partial charge is 0.232 e. The van der Waals surface area contributed by atoms with Gasteiger partial charge in [-0.05, 0) is 85.5 Å². The van der Waals surface area contributed by atoms with Gasteiger partial charge in [-0.1, -0.05) is 30.7 Å². The van der Waals surface area contributed by atoms with E-state index in [1.165, 1.54) is 0 Å². The summed E-state index contributed by atoms with van der Waals surface area (Å²) in [7, 11) is 1.63. The van der Waals surface area contributed by atoms with E-state index in [1.54, 1.807) is 7.11 Å². The van der Waals surface area contributed by atoms with Crippen LogP contribution in [-0.2, 0) is 11.2 Å². The molecule has 1 heterocycles. The molecule has 1 amide bonds. The van der Waals surface area contributed by atoms with Crippen LogP contribution >= 0.6 is 11.6 Å². The number of carbonyl (C=O) groups is 1. The molecule has 0 saturated heterocycles. The lowest BCUT2D eigenvalue weighted by molar-refractivity contribution is -0.118. The van der Waals surface area contributed by atoms with Crippen molar-refractivity contribution in [1.82, 2.24) is 0 Å². The first kappa shape index (κ1) is 24.0. The SMILES string of the molecule is CCNc1ccc(N2C(=O)Cc3cc(OC)c(OC(C)CC)cc3C2c2ccc(Cl)cc2)cc1. The molecular formula is C28H31ClN2O3. The molecule has 4 rings (SSSR count). The Kier molecular flexibility index (Phi) is 7.32. The zero-order valence-corrected chi connectivity index (χ0v) is 20.9. The highest BCUT2D eigenvalue weighted by atomic mass is 35.5. The fourth-order valence-electron chi connectivity index (χ4n) is 4.32. The summed E-state index contributed by atoms with van der Waals surface area (Å²) < 4.78 is 11.8. The van der Waals surface area contributed by atoms with Gasteiger partial charge in [-0.25, -0.2) is 0 Å². The molecule has 1 N–H and O–H groups in total. The van der Waals surface area contributed by atoms with Crippen LogP contribution in [-0.4, -0.2) is 25.7 Å². The molecule has 0 radical (unpaired) electrons. The van der Waals surface area contributed by atoms with Crippen LogP contribution < -0.4 is 19.7 Å². The summed E-state index contributed by atoms with van der Waals surface area (Å²) >= 11 is 6.19. The van der Waals surface area contributed by atoms with Crippen LogP contribution in [0.3, 0.4) is 0 Å².